The van der Waals surface area contributed by atoms with Crippen molar-refractivity contribution in [3.05, 3.63) is 42.5 Å². The number of para-hydroxylation sites is 1. The molecule has 0 spiro atoms. The van der Waals surface area contributed by atoms with Gasteiger partial charge in [-0.05, 0) is 31.2 Å². The molecule has 3 rings (SSSR count). The molecule has 0 radical (unpaired) electrons. The minimum Gasteiger partial charge on any atom is -0.492 e. The third-order valence-electron chi connectivity index (χ3n) is 2.89. The molecule has 0 bridgehead atoms. The van der Waals surface area contributed by atoms with Gasteiger partial charge >= 0.3 is 0 Å². The SMILES string of the molecule is CCOc1cc(-n2nnc3ccccc32)ccc1N. The number of nitrogen functional groups attached to an aromatic ring is 1. The van der Waals surface area contributed by atoms with Crippen LogP contribution in [-0.4, -0.2) is 21.6 Å². The highest BCUT2D eigenvalue weighted by atomic mass is 16.5. The number of fused-ring (bicyclic) bond motifs is 1. The fourth-order valence-corrected chi connectivity index (χ4v) is 1.99. The molecule has 5 heteroatoms. The number of benzene rings is 2. The second kappa shape index (κ2) is 4.61. The van der Waals surface area contributed by atoms with Gasteiger partial charge in [-0.3, -0.25) is 0 Å². The van der Waals surface area contributed by atoms with E-state index >= 15 is 0 Å². The number of hydrogen-bond acceptors (Lipinski definition) is 4. The van der Waals surface area contributed by atoms with Crippen LogP contribution in [0.3, 0.4) is 0 Å². The molecule has 0 aliphatic heterocycles. The number of nitrogens with two attached hydrogens (primary N) is 1. The zero-order chi connectivity index (χ0) is 13.2. The first kappa shape index (κ1) is 11.5. The van der Waals surface area contributed by atoms with Crippen molar-refractivity contribution in [2.24, 2.45) is 0 Å². The smallest absolute Gasteiger partial charge is 0.144 e. The van der Waals surface area contributed by atoms with Gasteiger partial charge in [0.2, 0.25) is 0 Å². The van der Waals surface area contributed by atoms with Gasteiger partial charge in [0.25, 0.3) is 0 Å². The Kier molecular flexibility index (Phi) is 2.79. The Hall–Kier alpha value is -2.56. The predicted octanol–water partition coefficient (Wildman–Crippen LogP) is 2.40. The maximum absolute atomic E-state index is 5.87. The van der Waals surface area contributed by atoms with Gasteiger partial charge in [0.1, 0.15) is 11.3 Å². The number of anilines is 1. The fourth-order valence-electron chi connectivity index (χ4n) is 1.99. The summed E-state index contributed by atoms with van der Waals surface area (Å²) in [6.45, 7) is 2.50. The van der Waals surface area contributed by atoms with Crippen LogP contribution in [0.5, 0.6) is 5.75 Å². The molecular weight excluding hydrogens is 240 g/mol. The van der Waals surface area contributed by atoms with E-state index in [4.69, 9.17) is 10.5 Å². The van der Waals surface area contributed by atoms with Crippen LogP contribution >= 0.6 is 0 Å². The van der Waals surface area contributed by atoms with E-state index in [0.717, 1.165) is 16.7 Å². The maximum Gasteiger partial charge on any atom is 0.144 e. The monoisotopic (exact) mass is 254 g/mol. The van der Waals surface area contributed by atoms with Crippen molar-refractivity contribution < 1.29 is 4.74 Å². The molecule has 0 fully saturated rings. The summed E-state index contributed by atoms with van der Waals surface area (Å²) in [6.07, 6.45) is 0. The molecule has 0 atom stereocenters. The van der Waals surface area contributed by atoms with Crippen molar-refractivity contribution in [1.82, 2.24) is 15.0 Å². The Morgan fingerprint density at radius 3 is 2.89 bits per heavy atom. The summed E-state index contributed by atoms with van der Waals surface area (Å²) in [5.74, 6) is 0.666. The molecule has 0 saturated heterocycles. The van der Waals surface area contributed by atoms with Crippen LogP contribution in [0.2, 0.25) is 0 Å². The summed E-state index contributed by atoms with van der Waals surface area (Å²) >= 11 is 0. The summed E-state index contributed by atoms with van der Waals surface area (Å²) in [4.78, 5) is 0. The topological polar surface area (TPSA) is 66.0 Å². The van der Waals surface area contributed by atoms with E-state index in [1.54, 1.807) is 4.68 Å². The Morgan fingerprint density at radius 1 is 1.21 bits per heavy atom. The first-order chi connectivity index (χ1) is 9.29. The summed E-state index contributed by atoms with van der Waals surface area (Å²) < 4.78 is 7.28. The van der Waals surface area contributed by atoms with Crippen molar-refractivity contribution in [2.45, 2.75) is 6.92 Å². The molecule has 0 aliphatic carbocycles. The average molecular weight is 254 g/mol. The molecule has 2 N–H and O–H groups in total. The van der Waals surface area contributed by atoms with Gasteiger partial charge in [-0.25, -0.2) is 4.68 Å². The van der Waals surface area contributed by atoms with E-state index in [1.807, 2.05) is 49.4 Å². The highest BCUT2D eigenvalue weighted by Gasteiger charge is 2.08. The first-order valence-corrected chi connectivity index (χ1v) is 6.12. The van der Waals surface area contributed by atoms with Gasteiger partial charge in [0, 0.05) is 6.07 Å². The third kappa shape index (κ3) is 1.99. The lowest BCUT2D eigenvalue weighted by Crippen LogP contribution is -2.01. The normalized spacial score (nSPS) is 10.8. The van der Waals surface area contributed by atoms with E-state index in [2.05, 4.69) is 10.3 Å². The summed E-state index contributed by atoms with van der Waals surface area (Å²) in [5.41, 5.74) is 9.18. The van der Waals surface area contributed by atoms with Crippen LogP contribution in [-0.2, 0) is 0 Å². The van der Waals surface area contributed by atoms with E-state index in [1.165, 1.54) is 0 Å². The lowest BCUT2D eigenvalue weighted by atomic mass is 10.2. The molecule has 0 amide bonds. The molecule has 0 unspecified atom stereocenters. The molecule has 96 valence electrons. The van der Waals surface area contributed by atoms with Crippen LogP contribution in [0.4, 0.5) is 5.69 Å². The van der Waals surface area contributed by atoms with E-state index in [9.17, 15) is 0 Å². The van der Waals surface area contributed by atoms with Gasteiger partial charge < -0.3 is 10.5 Å². The minimum absolute atomic E-state index is 0.575. The minimum atomic E-state index is 0.575. The molecule has 3 aromatic rings. The van der Waals surface area contributed by atoms with Crippen LogP contribution in [0.25, 0.3) is 16.7 Å². The highest BCUT2D eigenvalue weighted by molar-refractivity contribution is 5.76. The Bertz CT molecular complexity index is 720. The number of ether oxygens (including phenoxy) is 1. The van der Waals surface area contributed by atoms with Gasteiger partial charge in [-0.1, -0.05) is 17.3 Å². The van der Waals surface area contributed by atoms with Crippen molar-refractivity contribution in [3.8, 4) is 11.4 Å². The number of hydrogen-bond donors (Lipinski definition) is 1. The maximum atomic E-state index is 5.87. The third-order valence-corrected chi connectivity index (χ3v) is 2.89. The average Bonchev–Trinajstić information content (AvgIpc) is 2.85. The van der Waals surface area contributed by atoms with E-state index in [-0.39, 0.29) is 0 Å². The quantitative estimate of drug-likeness (QED) is 0.729. The largest absolute Gasteiger partial charge is 0.492 e. The fraction of sp³-hybridized carbons (Fsp3) is 0.143. The molecular formula is C14H14N4O. The Labute approximate surface area is 110 Å². The summed E-state index contributed by atoms with van der Waals surface area (Å²) in [6, 6.07) is 13.4. The van der Waals surface area contributed by atoms with Crippen molar-refractivity contribution in [2.75, 3.05) is 12.3 Å². The van der Waals surface area contributed by atoms with Crippen molar-refractivity contribution in [3.63, 3.8) is 0 Å². The number of aromatic nitrogens is 3. The van der Waals surface area contributed by atoms with Crippen LogP contribution < -0.4 is 10.5 Å². The van der Waals surface area contributed by atoms with Crippen molar-refractivity contribution >= 4 is 16.7 Å². The standard InChI is InChI=1S/C14H14N4O/c1-2-19-14-9-10(7-8-11(14)15)18-13-6-4-3-5-12(13)16-17-18/h3-9H,2,15H2,1H3. The molecule has 0 saturated carbocycles. The summed E-state index contributed by atoms with van der Waals surface area (Å²) in [7, 11) is 0. The zero-order valence-corrected chi connectivity index (χ0v) is 10.6. The van der Waals surface area contributed by atoms with E-state index < -0.39 is 0 Å². The molecule has 2 aromatic carbocycles. The lowest BCUT2D eigenvalue weighted by molar-refractivity contribution is 0.342. The zero-order valence-electron chi connectivity index (χ0n) is 10.6. The van der Waals surface area contributed by atoms with Crippen LogP contribution in [0, 0.1) is 0 Å². The Morgan fingerprint density at radius 2 is 2.05 bits per heavy atom. The second-order valence-electron chi connectivity index (χ2n) is 4.15. The molecule has 1 heterocycles. The number of nitrogens with zero attached hydrogens (tertiary/aromatic N) is 3. The predicted molar refractivity (Wildman–Crippen MR) is 74.4 cm³/mol. The van der Waals surface area contributed by atoms with Gasteiger partial charge in [-0.2, -0.15) is 0 Å². The molecule has 19 heavy (non-hydrogen) atoms. The molecule has 5 nitrogen and oxygen atoms in total. The first-order valence-electron chi connectivity index (χ1n) is 6.12. The van der Waals surface area contributed by atoms with Crippen molar-refractivity contribution in [1.29, 1.82) is 0 Å². The molecule has 0 aliphatic rings. The number of rotatable bonds is 3. The Balaban J connectivity index is 2.13. The highest BCUT2D eigenvalue weighted by Crippen LogP contribution is 2.26. The lowest BCUT2D eigenvalue weighted by Gasteiger charge is -2.09. The van der Waals surface area contributed by atoms with Gasteiger partial charge in [0.15, 0.2) is 0 Å². The summed E-state index contributed by atoms with van der Waals surface area (Å²) in [5, 5.41) is 8.30. The van der Waals surface area contributed by atoms with Gasteiger partial charge in [0.05, 0.1) is 23.5 Å². The van der Waals surface area contributed by atoms with Crippen LogP contribution in [0.1, 0.15) is 6.92 Å². The van der Waals surface area contributed by atoms with Crippen LogP contribution in [0.15, 0.2) is 42.5 Å². The van der Waals surface area contributed by atoms with E-state index in [0.29, 0.717) is 18.0 Å². The molecule has 1 aromatic heterocycles. The second-order valence-corrected chi connectivity index (χ2v) is 4.15. The van der Waals surface area contributed by atoms with Gasteiger partial charge in [-0.15, -0.1) is 5.10 Å².